The van der Waals surface area contributed by atoms with Crippen molar-refractivity contribution in [3.63, 3.8) is 0 Å². The van der Waals surface area contributed by atoms with Gasteiger partial charge in [0.2, 0.25) is 11.7 Å². The van der Waals surface area contributed by atoms with Crippen LogP contribution in [0.4, 0.5) is 5.69 Å². The molecule has 0 aliphatic heterocycles. The number of rotatable bonds is 8. The molecule has 0 aliphatic carbocycles. The molecule has 3 aromatic rings. The van der Waals surface area contributed by atoms with Crippen molar-refractivity contribution in [1.82, 2.24) is 4.57 Å². The topological polar surface area (TPSA) is 101 Å². The Kier molecular flexibility index (Phi) is 7.19. The fourth-order valence-electron chi connectivity index (χ4n) is 3.35. The van der Waals surface area contributed by atoms with E-state index < -0.39 is 11.9 Å². The van der Waals surface area contributed by atoms with Gasteiger partial charge in [-0.1, -0.05) is 30.3 Å². The van der Waals surface area contributed by atoms with Crippen LogP contribution in [0.2, 0.25) is 0 Å². The van der Waals surface area contributed by atoms with Crippen molar-refractivity contribution in [3.8, 4) is 6.07 Å². The van der Waals surface area contributed by atoms with E-state index in [-0.39, 0.29) is 24.4 Å². The number of hydrogen-bond acceptors (Lipinski definition) is 5. The minimum Gasteiger partial charge on any atom is -0.454 e. The van der Waals surface area contributed by atoms with E-state index in [1.54, 1.807) is 6.07 Å². The van der Waals surface area contributed by atoms with Gasteiger partial charge in [0, 0.05) is 29.2 Å². The predicted octanol–water partition coefficient (Wildman–Crippen LogP) is 4.05. The standard InChI is InChI=1S/C25H23N3O4/c1-17-14-22(18(2)28(17)15-19-6-4-3-5-7-19)23(29)16-32-25(31)20-8-10-21(11-9-20)27-24(30)12-13-26/h3-11,14H,12,15-16H2,1-2H3,(H,27,30). The summed E-state index contributed by atoms with van der Waals surface area (Å²) >= 11 is 0. The quantitative estimate of drug-likeness (QED) is 0.430. The van der Waals surface area contributed by atoms with Crippen LogP contribution in [0.3, 0.4) is 0 Å². The van der Waals surface area contributed by atoms with Crippen LogP contribution in [0.25, 0.3) is 0 Å². The lowest BCUT2D eigenvalue weighted by Gasteiger charge is -2.10. The zero-order valence-corrected chi connectivity index (χ0v) is 17.9. The lowest BCUT2D eigenvalue weighted by molar-refractivity contribution is -0.115. The summed E-state index contributed by atoms with van der Waals surface area (Å²) in [6.07, 6.45) is -0.252. The van der Waals surface area contributed by atoms with Crippen LogP contribution in [0.15, 0.2) is 60.7 Å². The van der Waals surface area contributed by atoms with Gasteiger partial charge in [0.1, 0.15) is 6.42 Å². The molecule has 0 aliphatic rings. The number of esters is 1. The van der Waals surface area contributed by atoms with Crippen LogP contribution in [0, 0.1) is 25.2 Å². The van der Waals surface area contributed by atoms with Crippen molar-refractivity contribution in [1.29, 1.82) is 5.26 Å². The summed E-state index contributed by atoms with van der Waals surface area (Å²) in [4.78, 5) is 36.4. The molecule has 0 atom stereocenters. The average molecular weight is 429 g/mol. The molecule has 32 heavy (non-hydrogen) atoms. The van der Waals surface area contributed by atoms with E-state index in [1.165, 1.54) is 24.3 Å². The molecule has 1 amide bonds. The van der Waals surface area contributed by atoms with Gasteiger partial charge in [-0.25, -0.2) is 4.79 Å². The molecule has 0 unspecified atom stereocenters. The van der Waals surface area contributed by atoms with Crippen LogP contribution < -0.4 is 5.32 Å². The van der Waals surface area contributed by atoms with Gasteiger partial charge in [-0.3, -0.25) is 9.59 Å². The smallest absolute Gasteiger partial charge is 0.338 e. The maximum atomic E-state index is 12.7. The largest absolute Gasteiger partial charge is 0.454 e. The molecule has 0 saturated carbocycles. The molecular formula is C25H23N3O4. The van der Waals surface area contributed by atoms with E-state index in [0.29, 0.717) is 17.8 Å². The molecule has 1 N–H and O–H groups in total. The third-order valence-electron chi connectivity index (χ3n) is 5.04. The zero-order valence-electron chi connectivity index (χ0n) is 17.9. The number of amides is 1. The number of aromatic nitrogens is 1. The van der Waals surface area contributed by atoms with Gasteiger partial charge < -0.3 is 14.6 Å². The highest BCUT2D eigenvalue weighted by atomic mass is 16.5. The average Bonchev–Trinajstić information content (AvgIpc) is 3.07. The van der Waals surface area contributed by atoms with Gasteiger partial charge in [-0.15, -0.1) is 0 Å². The van der Waals surface area contributed by atoms with Crippen molar-refractivity contribution >= 4 is 23.3 Å². The summed E-state index contributed by atoms with van der Waals surface area (Å²) in [6, 6.07) is 19.6. The van der Waals surface area contributed by atoms with Crippen molar-refractivity contribution in [3.05, 3.63) is 88.7 Å². The zero-order chi connectivity index (χ0) is 23.1. The number of benzene rings is 2. The van der Waals surface area contributed by atoms with Gasteiger partial charge in [0.25, 0.3) is 0 Å². The molecule has 0 bridgehead atoms. The van der Waals surface area contributed by atoms with E-state index in [2.05, 4.69) is 9.88 Å². The first-order valence-corrected chi connectivity index (χ1v) is 10.1. The molecule has 0 spiro atoms. The minimum absolute atomic E-state index is 0.252. The Hall–Kier alpha value is -4.18. The molecule has 7 heteroatoms. The van der Waals surface area contributed by atoms with Crippen LogP contribution in [0.5, 0.6) is 0 Å². The second kappa shape index (κ2) is 10.2. The number of carbonyl (C=O) groups is 3. The number of carbonyl (C=O) groups excluding carboxylic acids is 3. The molecular weight excluding hydrogens is 406 g/mol. The van der Waals surface area contributed by atoms with Gasteiger partial charge in [0.15, 0.2) is 6.61 Å². The highest BCUT2D eigenvalue weighted by Crippen LogP contribution is 2.18. The number of aryl methyl sites for hydroxylation is 1. The van der Waals surface area contributed by atoms with E-state index in [4.69, 9.17) is 10.00 Å². The summed E-state index contributed by atoms with van der Waals surface area (Å²) in [7, 11) is 0. The van der Waals surface area contributed by atoms with Gasteiger partial charge >= 0.3 is 5.97 Å². The Morgan fingerprint density at radius 2 is 1.72 bits per heavy atom. The molecule has 7 nitrogen and oxygen atoms in total. The Morgan fingerprint density at radius 3 is 2.38 bits per heavy atom. The van der Waals surface area contributed by atoms with Crippen molar-refractivity contribution in [2.24, 2.45) is 0 Å². The van der Waals surface area contributed by atoms with E-state index in [1.807, 2.05) is 50.2 Å². The lowest BCUT2D eigenvalue weighted by atomic mass is 10.1. The minimum atomic E-state index is -0.633. The Labute approximate surface area is 186 Å². The molecule has 162 valence electrons. The maximum Gasteiger partial charge on any atom is 0.338 e. The summed E-state index contributed by atoms with van der Waals surface area (Å²) in [6.45, 7) is 4.11. The van der Waals surface area contributed by atoms with Crippen molar-refractivity contribution in [2.45, 2.75) is 26.8 Å². The first-order chi connectivity index (χ1) is 15.4. The Morgan fingerprint density at radius 1 is 1.03 bits per heavy atom. The van der Waals surface area contributed by atoms with Crippen LogP contribution in [-0.4, -0.2) is 28.8 Å². The number of ketones is 1. The van der Waals surface area contributed by atoms with Gasteiger partial charge in [0.05, 0.1) is 11.6 Å². The van der Waals surface area contributed by atoms with E-state index in [0.717, 1.165) is 17.0 Å². The monoisotopic (exact) mass is 429 g/mol. The molecule has 2 aromatic carbocycles. The third-order valence-corrected chi connectivity index (χ3v) is 5.04. The molecule has 1 aromatic heterocycles. The second-order valence-electron chi connectivity index (χ2n) is 7.32. The number of hydrogen-bond donors (Lipinski definition) is 1. The van der Waals surface area contributed by atoms with Gasteiger partial charge in [-0.2, -0.15) is 5.26 Å². The van der Waals surface area contributed by atoms with Crippen LogP contribution in [0.1, 0.15) is 44.1 Å². The van der Waals surface area contributed by atoms with E-state index in [9.17, 15) is 14.4 Å². The molecule has 0 radical (unpaired) electrons. The summed E-state index contributed by atoms with van der Waals surface area (Å²) < 4.78 is 7.26. The first kappa shape index (κ1) is 22.5. The Bertz CT molecular complexity index is 1170. The number of nitriles is 1. The lowest BCUT2D eigenvalue weighted by Crippen LogP contribution is -2.15. The molecule has 0 saturated heterocycles. The Balaban J connectivity index is 1.61. The fraction of sp³-hybridized carbons (Fsp3) is 0.200. The number of nitrogens with zero attached hydrogens (tertiary/aromatic N) is 2. The summed E-state index contributed by atoms with van der Waals surface area (Å²) in [5, 5.41) is 11.1. The molecule has 1 heterocycles. The van der Waals surface area contributed by atoms with Gasteiger partial charge in [-0.05, 0) is 49.7 Å². The first-order valence-electron chi connectivity index (χ1n) is 10.1. The number of Topliss-reactive ketones (excluding diaryl/α,β-unsaturated/α-hetero) is 1. The number of ether oxygens (including phenoxy) is 1. The van der Waals surface area contributed by atoms with E-state index >= 15 is 0 Å². The normalized spacial score (nSPS) is 10.3. The predicted molar refractivity (Wildman–Crippen MR) is 119 cm³/mol. The molecule has 3 rings (SSSR count). The highest BCUT2D eigenvalue weighted by Gasteiger charge is 2.18. The fourth-order valence-corrected chi connectivity index (χ4v) is 3.35. The van der Waals surface area contributed by atoms with Crippen molar-refractivity contribution < 1.29 is 19.1 Å². The highest BCUT2D eigenvalue weighted by molar-refractivity contribution is 6.00. The number of anilines is 1. The maximum absolute atomic E-state index is 12.7. The summed E-state index contributed by atoms with van der Waals surface area (Å²) in [5.41, 5.74) is 4.16. The van der Waals surface area contributed by atoms with Crippen molar-refractivity contribution in [2.75, 3.05) is 11.9 Å². The third kappa shape index (κ3) is 5.49. The second-order valence-corrected chi connectivity index (χ2v) is 7.32. The molecule has 0 fully saturated rings. The SMILES string of the molecule is Cc1cc(C(=O)COC(=O)c2ccc(NC(=O)CC#N)cc2)c(C)n1Cc1ccccc1. The van der Waals surface area contributed by atoms with Crippen LogP contribution >= 0.6 is 0 Å². The van der Waals surface area contributed by atoms with Crippen LogP contribution in [-0.2, 0) is 16.1 Å². The summed E-state index contributed by atoms with van der Waals surface area (Å²) in [5.74, 6) is -1.34. The number of nitrogens with one attached hydrogen (secondary N) is 1.